The summed E-state index contributed by atoms with van der Waals surface area (Å²) in [5.74, 6) is -0.740. The fraction of sp³-hybridized carbons (Fsp3) is 0.316. The molecule has 1 aliphatic rings. The van der Waals surface area contributed by atoms with Crippen LogP contribution >= 0.6 is 0 Å². The van der Waals surface area contributed by atoms with Gasteiger partial charge in [0.25, 0.3) is 5.91 Å². The Balaban J connectivity index is 2.18. The Labute approximate surface area is 154 Å². The predicted molar refractivity (Wildman–Crippen MR) is 99.6 cm³/mol. The van der Waals surface area contributed by atoms with Gasteiger partial charge < -0.3 is 16.6 Å². The molecule has 3 aromatic rings. The largest absolute Gasteiger partial charge is 0.508 e. The van der Waals surface area contributed by atoms with Crippen LogP contribution in [0.3, 0.4) is 0 Å². The van der Waals surface area contributed by atoms with Crippen LogP contribution in [0.1, 0.15) is 55.7 Å². The smallest absolute Gasteiger partial charge is 0.254 e. The van der Waals surface area contributed by atoms with Gasteiger partial charge in [0.2, 0.25) is 0 Å². The quantitative estimate of drug-likeness (QED) is 0.668. The highest BCUT2D eigenvalue weighted by Crippen LogP contribution is 2.42. The molecule has 0 atom stereocenters. The van der Waals surface area contributed by atoms with Crippen molar-refractivity contribution in [3.05, 3.63) is 40.2 Å². The van der Waals surface area contributed by atoms with Crippen LogP contribution in [0.4, 0.5) is 5.82 Å². The number of carbonyl (C=O) groups is 1. The van der Waals surface area contributed by atoms with Crippen molar-refractivity contribution >= 4 is 22.9 Å². The van der Waals surface area contributed by atoms with E-state index in [1.165, 1.54) is 4.57 Å². The molecule has 2 heterocycles. The van der Waals surface area contributed by atoms with E-state index in [1.807, 2.05) is 6.92 Å². The zero-order valence-corrected chi connectivity index (χ0v) is 14.5. The number of carbonyl (C=O) groups excluding carboxylic acids is 1. The fourth-order valence-electron chi connectivity index (χ4n) is 3.39. The monoisotopic (exact) mass is 354 g/mol. The highest BCUT2D eigenvalue weighted by atomic mass is 16.3. The summed E-state index contributed by atoms with van der Waals surface area (Å²) in [6.07, 6.45) is 1.63. The average Bonchev–Trinajstić information content (AvgIpc) is 3.42. The van der Waals surface area contributed by atoms with E-state index in [-0.39, 0.29) is 39.9 Å². The lowest BCUT2D eigenvalue weighted by Crippen LogP contribution is -2.14. The Morgan fingerprint density at radius 2 is 2.08 bits per heavy atom. The van der Waals surface area contributed by atoms with Gasteiger partial charge in [-0.1, -0.05) is 6.07 Å². The summed E-state index contributed by atoms with van der Waals surface area (Å²) in [6, 6.07) is 3.25. The lowest BCUT2D eigenvalue weighted by Gasteiger charge is -2.15. The number of aryl methyl sites for hydroxylation is 2. The Hall–Kier alpha value is -3.09. The van der Waals surface area contributed by atoms with Gasteiger partial charge in [0.1, 0.15) is 22.6 Å². The van der Waals surface area contributed by atoms with E-state index >= 15 is 0 Å². The molecule has 1 amide bonds. The molecule has 1 aliphatic carbocycles. The van der Waals surface area contributed by atoms with Crippen molar-refractivity contribution in [2.24, 2.45) is 5.73 Å². The van der Waals surface area contributed by atoms with Gasteiger partial charge in [0.15, 0.2) is 5.65 Å². The van der Waals surface area contributed by atoms with Crippen molar-refractivity contribution in [1.82, 2.24) is 14.5 Å². The normalized spacial score (nSPS) is 16.3. The Morgan fingerprint density at radius 3 is 2.69 bits per heavy atom. The van der Waals surface area contributed by atoms with Gasteiger partial charge in [-0.05, 0) is 45.2 Å². The number of nitrogens with two attached hydrogens (primary N) is 2. The van der Waals surface area contributed by atoms with Crippen molar-refractivity contribution in [3.63, 3.8) is 0 Å². The number of primary amides is 1. The SMILES string of the molecule is [2H]C([2H])([2H])c1nc2c(nc1C1CC1)c(C(N)=O)c(N)n2-c1c(C)ccc(O)c1C. The molecule has 1 fully saturated rings. The second kappa shape index (κ2) is 5.45. The second-order valence-corrected chi connectivity index (χ2v) is 6.74. The minimum atomic E-state index is -2.47. The van der Waals surface area contributed by atoms with Crippen LogP contribution in [0.5, 0.6) is 5.75 Å². The van der Waals surface area contributed by atoms with E-state index in [9.17, 15) is 9.90 Å². The lowest BCUT2D eigenvalue weighted by atomic mass is 10.1. The van der Waals surface area contributed by atoms with Crippen molar-refractivity contribution < 1.29 is 14.0 Å². The number of fused-ring (bicyclic) bond motifs is 1. The molecule has 1 saturated carbocycles. The third-order valence-electron chi connectivity index (χ3n) is 4.89. The number of benzene rings is 1. The van der Waals surface area contributed by atoms with Crippen LogP contribution in [0.25, 0.3) is 16.9 Å². The van der Waals surface area contributed by atoms with Gasteiger partial charge in [-0.25, -0.2) is 9.97 Å². The summed E-state index contributed by atoms with van der Waals surface area (Å²) in [5.41, 5.74) is 14.2. The van der Waals surface area contributed by atoms with E-state index in [0.29, 0.717) is 16.9 Å². The molecular weight excluding hydrogens is 330 g/mol. The van der Waals surface area contributed by atoms with Crippen LogP contribution in [0, 0.1) is 20.7 Å². The first-order valence-corrected chi connectivity index (χ1v) is 8.34. The van der Waals surface area contributed by atoms with Crippen molar-refractivity contribution in [2.75, 3.05) is 5.73 Å². The van der Waals surface area contributed by atoms with Crippen LogP contribution in [-0.4, -0.2) is 25.5 Å². The number of hydrogen-bond donors (Lipinski definition) is 3. The molecule has 26 heavy (non-hydrogen) atoms. The Kier molecular flexibility index (Phi) is 2.76. The maximum absolute atomic E-state index is 12.2. The molecule has 7 nitrogen and oxygen atoms in total. The van der Waals surface area contributed by atoms with Gasteiger partial charge in [0, 0.05) is 15.6 Å². The Morgan fingerprint density at radius 1 is 1.35 bits per heavy atom. The minimum Gasteiger partial charge on any atom is -0.508 e. The zero-order chi connectivity index (χ0) is 21.2. The molecule has 7 heteroatoms. The maximum Gasteiger partial charge on any atom is 0.254 e. The number of amides is 1. The number of hydrogen-bond acceptors (Lipinski definition) is 5. The molecular formula is C19H21N5O2. The summed E-state index contributed by atoms with van der Waals surface area (Å²) < 4.78 is 25.2. The summed E-state index contributed by atoms with van der Waals surface area (Å²) in [6.45, 7) is 1.04. The molecule has 134 valence electrons. The third kappa shape index (κ3) is 2.23. The summed E-state index contributed by atoms with van der Waals surface area (Å²) in [7, 11) is 0. The van der Waals surface area contributed by atoms with Gasteiger partial charge in [-0.15, -0.1) is 0 Å². The molecule has 0 radical (unpaired) electrons. The summed E-state index contributed by atoms with van der Waals surface area (Å²) >= 11 is 0. The van der Waals surface area contributed by atoms with Crippen molar-refractivity contribution in [3.8, 4) is 11.4 Å². The molecule has 0 aliphatic heterocycles. The van der Waals surface area contributed by atoms with E-state index < -0.39 is 12.8 Å². The number of aromatic hydroxyl groups is 1. The standard InChI is InChI=1S/C19H21N5O2/c1-8-4-7-12(25)9(2)16(8)24-17(20)13(18(21)26)15-19(24)22-10(3)14(23-15)11-5-6-11/h4,7,11,25H,5-6,20H2,1-3H3,(H2,21,26)/i3D3. The summed E-state index contributed by atoms with van der Waals surface area (Å²) in [5, 5.41) is 10.2. The lowest BCUT2D eigenvalue weighted by molar-refractivity contribution is 0.100. The molecule has 0 saturated heterocycles. The minimum absolute atomic E-state index is 0.00290. The molecule has 5 N–H and O–H groups in total. The molecule has 0 unspecified atom stereocenters. The molecule has 0 bridgehead atoms. The van der Waals surface area contributed by atoms with Crippen LogP contribution in [-0.2, 0) is 0 Å². The van der Waals surface area contributed by atoms with E-state index in [1.54, 1.807) is 19.1 Å². The first-order valence-electron chi connectivity index (χ1n) is 9.84. The fourth-order valence-corrected chi connectivity index (χ4v) is 3.39. The first kappa shape index (κ1) is 13.2. The molecule has 2 aromatic heterocycles. The molecule has 0 spiro atoms. The number of phenolic OH excluding ortho intramolecular Hbond substituents is 1. The van der Waals surface area contributed by atoms with Crippen LogP contribution in [0.15, 0.2) is 12.1 Å². The van der Waals surface area contributed by atoms with Crippen LogP contribution in [0.2, 0.25) is 0 Å². The second-order valence-electron chi connectivity index (χ2n) is 6.74. The third-order valence-corrected chi connectivity index (χ3v) is 4.89. The number of nitrogens with zero attached hydrogens (tertiary/aromatic N) is 3. The van der Waals surface area contributed by atoms with E-state index in [4.69, 9.17) is 15.6 Å². The predicted octanol–water partition coefficient (Wildman–Crippen LogP) is 2.61. The average molecular weight is 354 g/mol. The number of aromatic nitrogens is 3. The number of nitrogen functional groups attached to an aromatic ring is 1. The van der Waals surface area contributed by atoms with Crippen molar-refractivity contribution in [1.29, 1.82) is 0 Å². The highest BCUT2D eigenvalue weighted by molar-refractivity contribution is 6.09. The summed E-state index contributed by atoms with van der Waals surface area (Å²) in [4.78, 5) is 21.2. The first-order chi connectivity index (χ1) is 13.5. The number of phenols is 1. The van der Waals surface area contributed by atoms with Gasteiger partial charge in [-0.2, -0.15) is 0 Å². The molecule has 4 rings (SSSR count). The van der Waals surface area contributed by atoms with Crippen molar-refractivity contribution in [2.45, 2.75) is 39.5 Å². The van der Waals surface area contributed by atoms with Gasteiger partial charge >= 0.3 is 0 Å². The Bertz CT molecular complexity index is 1180. The zero-order valence-electron chi connectivity index (χ0n) is 17.5. The molecule has 1 aromatic carbocycles. The van der Waals surface area contributed by atoms with Gasteiger partial charge in [-0.3, -0.25) is 9.36 Å². The van der Waals surface area contributed by atoms with Gasteiger partial charge in [0.05, 0.1) is 17.1 Å². The van der Waals surface area contributed by atoms with E-state index in [0.717, 1.165) is 18.4 Å². The number of anilines is 1. The topological polar surface area (TPSA) is 120 Å². The maximum atomic E-state index is 12.2. The van der Waals surface area contributed by atoms with E-state index in [2.05, 4.69) is 9.97 Å². The highest BCUT2D eigenvalue weighted by Gasteiger charge is 2.31. The number of rotatable bonds is 3. The van der Waals surface area contributed by atoms with Crippen LogP contribution < -0.4 is 11.5 Å².